The van der Waals surface area contributed by atoms with Crippen LogP contribution >= 0.6 is 0 Å². The van der Waals surface area contributed by atoms with Gasteiger partial charge in [0.05, 0.1) is 22.1 Å². The van der Waals surface area contributed by atoms with Crippen molar-refractivity contribution in [2.24, 2.45) is 11.8 Å². The summed E-state index contributed by atoms with van der Waals surface area (Å²) in [6.45, 7) is 0. The van der Waals surface area contributed by atoms with Crippen LogP contribution in [0.2, 0.25) is 0 Å². The van der Waals surface area contributed by atoms with Crippen molar-refractivity contribution in [1.82, 2.24) is 0 Å². The highest BCUT2D eigenvalue weighted by Crippen LogP contribution is 2.46. The van der Waals surface area contributed by atoms with E-state index < -0.39 is 65.0 Å². The molecule has 2 aliphatic carbocycles. The minimum Gasteiger partial charge on any atom is -0.426 e. The van der Waals surface area contributed by atoms with E-state index in [0.717, 1.165) is 24.3 Å². The number of rotatable bonds is 10. The Kier molecular flexibility index (Phi) is 8.91. The van der Waals surface area contributed by atoms with Crippen molar-refractivity contribution in [2.45, 2.75) is 62.8 Å². The van der Waals surface area contributed by atoms with Gasteiger partial charge in [-0.25, -0.2) is 4.79 Å². The van der Waals surface area contributed by atoms with Crippen LogP contribution in [-0.4, -0.2) is 40.9 Å². The third kappa shape index (κ3) is 8.06. The first-order valence-electron chi connectivity index (χ1n) is 12.4. The molecule has 4 rings (SSSR count). The molecule has 2 fully saturated rings. The molecule has 0 amide bonds. The molecule has 0 aromatic heterocycles. The number of nitro benzene ring substituents is 2. The van der Waals surface area contributed by atoms with Crippen LogP contribution in [0.25, 0.3) is 0 Å². The van der Waals surface area contributed by atoms with Crippen molar-refractivity contribution in [1.29, 1.82) is 0 Å². The summed E-state index contributed by atoms with van der Waals surface area (Å²) in [5, 5.41) is 22.0. The Morgan fingerprint density at radius 1 is 0.667 bits per heavy atom. The summed E-state index contributed by atoms with van der Waals surface area (Å²) < 4.78 is 94.6. The highest BCUT2D eigenvalue weighted by atomic mass is 19.4. The van der Waals surface area contributed by atoms with E-state index in [9.17, 15) is 51.4 Å². The summed E-state index contributed by atoms with van der Waals surface area (Å²) in [7, 11) is 0. The molecule has 2 aliphatic rings. The van der Waals surface area contributed by atoms with Crippen LogP contribution in [0, 0.1) is 32.1 Å². The summed E-state index contributed by atoms with van der Waals surface area (Å²) in [5.41, 5.74) is -0.124. The minimum absolute atomic E-state index is 0.167. The standard InChI is InChI=1S/C25H22F6N2O9/c26-24(27,28)41-19-9-15(10-19)21(13-1-5-17(6-2-13)32(35)36)39-23(34)40-22(14-3-7-18(8-4-14)33(37)38)16-11-20(12-16)42-25(29,30)31/h1-8,15-16,19-22H,9-12H2. The van der Waals surface area contributed by atoms with Gasteiger partial charge in [-0.15, -0.1) is 26.3 Å². The summed E-state index contributed by atoms with van der Waals surface area (Å²) in [4.78, 5) is 33.7. The van der Waals surface area contributed by atoms with E-state index in [1.54, 1.807) is 0 Å². The molecule has 11 nitrogen and oxygen atoms in total. The van der Waals surface area contributed by atoms with Gasteiger partial charge in [-0.3, -0.25) is 29.7 Å². The second-order valence-corrected chi connectivity index (χ2v) is 9.86. The first-order valence-corrected chi connectivity index (χ1v) is 12.4. The van der Waals surface area contributed by atoms with E-state index in [1.807, 2.05) is 0 Å². The average molecular weight is 608 g/mol. The number of carbonyl (C=O) groups excluding carboxylic acids is 1. The van der Waals surface area contributed by atoms with Gasteiger partial charge in [0, 0.05) is 36.1 Å². The number of alkyl halides is 6. The lowest BCUT2D eigenvalue weighted by molar-refractivity contribution is -0.385. The molecule has 0 N–H and O–H groups in total. The number of non-ortho nitro benzene ring substituents is 2. The summed E-state index contributed by atoms with van der Waals surface area (Å²) in [6.07, 6.45) is -16.6. The fraction of sp³-hybridized carbons (Fsp3) is 0.480. The fourth-order valence-electron chi connectivity index (χ4n) is 4.96. The zero-order valence-corrected chi connectivity index (χ0v) is 21.2. The lowest BCUT2D eigenvalue weighted by Gasteiger charge is -2.41. The fourth-order valence-corrected chi connectivity index (χ4v) is 4.96. The van der Waals surface area contributed by atoms with Crippen molar-refractivity contribution in [2.75, 3.05) is 0 Å². The van der Waals surface area contributed by atoms with Crippen LogP contribution in [0.5, 0.6) is 0 Å². The normalized spacial score (nSPS) is 23.6. The quantitative estimate of drug-likeness (QED) is 0.120. The Hall–Kier alpha value is -3.99. The number of nitrogens with zero attached hydrogens (tertiary/aromatic N) is 2. The average Bonchev–Trinajstić information content (AvgIpc) is 2.84. The van der Waals surface area contributed by atoms with E-state index in [1.165, 1.54) is 24.3 Å². The molecule has 42 heavy (non-hydrogen) atoms. The van der Waals surface area contributed by atoms with Crippen LogP contribution in [-0.2, 0) is 18.9 Å². The van der Waals surface area contributed by atoms with Gasteiger partial charge >= 0.3 is 18.9 Å². The topological polar surface area (TPSA) is 140 Å². The van der Waals surface area contributed by atoms with Gasteiger partial charge in [0.1, 0.15) is 12.2 Å². The lowest BCUT2D eigenvalue weighted by atomic mass is 9.76. The molecule has 0 aliphatic heterocycles. The number of halogens is 6. The predicted molar refractivity (Wildman–Crippen MR) is 127 cm³/mol. The van der Waals surface area contributed by atoms with E-state index in [0.29, 0.717) is 0 Å². The monoisotopic (exact) mass is 608 g/mol. The Bertz CT molecular complexity index is 1180. The summed E-state index contributed by atoms with van der Waals surface area (Å²) >= 11 is 0. The van der Waals surface area contributed by atoms with Crippen LogP contribution < -0.4 is 0 Å². The molecular weight excluding hydrogens is 586 g/mol. The molecule has 0 radical (unpaired) electrons. The molecule has 0 saturated heterocycles. The summed E-state index contributed by atoms with van der Waals surface area (Å²) in [6, 6.07) is 9.56. The van der Waals surface area contributed by atoms with Gasteiger partial charge in [-0.2, -0.15) is 0 Å². The molecule has 2 aromatic carbocycles. The van der Waals surface area contributed by atoms with Gasteiger partial charge in [0.2, 0.25) is 0 Å². The summed E-state index contributed by atoms with van der Waals surface area (Å²) in [5.74, 6) is -1.37. The number of carbonyl (C=O) groups is 1. The van der Waals surface area contributed by atoms with Gasteiger partial charge in [-0.1, -0.05) is 0 Å². The molecule has 2 aromatic rings. The maximum absolute atomic E-state index is 13.0. The molecule has 2 atom stereocenters. The minimum atomic E-state index is -4.88. The number of hydrogen-bond acceptors (Lipinski definition) is 9. The zero-order valence-electron chi connectivity index (χ0n) is 21.2. The van der Waals surface area contributed by atoms with E-state index in [4.69, 9.17) is 9.47 Å². The van der Waals surface area contributed by atoms with Gasteiger partial charge in [0.25, 0.3) is 11.4 Å². The maximum Gasteiger partial charge on any atom is 0.522 e. The molecule has 2 saturated carbocycles. The SMILES string of the molecule is O=C(OC(c1ccc([N+](=O)[O-])cc1)C1CC(OC(F)(F)F)C1)OC(c1ccc([N+](=O)[O-])cc1)C1CC(OC(F)(F)F)C1. The first-order chi connectivity index (χ1) is 19.6. The zero-order chi connectivity index (χ0) is 30.8. The van der Waals surface area contributed by atoms with Crippen LogP contribution in [0.3, 0.4) is 0 Å². The van der Waals surface area contributed by atoms with Crippen molar-refractivity contribution in [3.05, 3.63) is 79.9 Å². The molecule has 228 valence electrons. The van der Waals surface area contributed by atoms with Crippen molar-refractivity contribution in [3.63, 3.8) is 0 Å². The van der Waals surface area contributed by atoms with Crippen molar-refractivity contribution >= 4 is 17.5 Å². The smallest absolute Gasteiger partial charge is 0.426 e. The highest BCUT2D eigenvalue weighted by molar-refractivity contribution is 5.61. The number of hydrogen-bond donors (Lipinski definition) is 0. The number of nitro groups is 2. The van der Waals surface area contributed by atoms with Crippen LogP contribution in [0.1, 0.15) is 49.0 Å². The maximum atomic E-state index is 13.0. The molecule has 17 heteroatoms. The van der Waals surface area contributed by atoms with Gasteiger partial charge < -0.3 is 9.47 Å². The second kappa shape index (κ2) is 12.1. The van der Waals surface area contributed by atoms with E-state index in [2.05, 4.69) is 9.47 Å². The second-order valence-electron chi connectivity index (χ2n) is 9.86. The molecular formula is C25H22F6N2O9. The molecule has 0 spiro atoms. The highest BCUT2D eigenvalue weighted by Gasteiger charge is 2.47. The van der Waals surface area contributed by atoms with Crippen LogP contribution in [0.15, 0.2) is 48.5 Å². The predicted octanol–water partition coefficient (Wildman–Crippen LogP) is 7.07. The Morgan fingerprint density at radius 3 is 1.24 bits per heavy atom. The third-order valence-corrected chi connectivity index (χ3v) is 7.03. The number of benzene rings is 2. The molecule has 0 bridgehead atoms. The Morgan fingerprint density at radius 2 is 0.976 bits per heavy atom. The largest absolute Gasteiger partial charge is 0.522 e. The van der Waals surface area contributed by atoms with Gasteiger partial charge in [0.15, 0.2) is 0 Å². The lowest BCUT2D eigenvalue weighted by Crippen LogP contribution is -2.41. The Labute approximate surface area is 232 Å². The molecule has 2 unspecified atom stereocenters. The van der Waals surface area contributed by atoms with Gasteiger partial charge in [-0.05, 0) is 61.1 Å². The van der Waals surface area contributed by atoms with E-state index in [-0.39, 0.29) is 48.2 Å². The first kappa shape index (κ1) is 31.0. The van der Waals surface area contributed by atoms with Crippen molar-refractivity contribution < 1.29 is 59.9 Å². The third-order valence-electron chi connectivity index (χ3n) is 7.03. The number of ether oxygens (including phenoxy) is 4. The molecule has 0 heterocycles. The van der Waals surface area contributed by atoms with E-state index >= 15 is 0 Å². The van der Waals surface area contributed by atoms with Crippen LogP contribution in [0.4, 0.5) is 42.5 Å². The van der Waals surface area contributed by atoms with Crippen molar-refractivity contribution in [3.8, 4) is 0 Å². The Balaban J connectivity index is 1.51.